The molecule has 128 valence electrons. The van der Waals surface area contributed by atoms with Crippen LogP contribution in [0, 0.1) is 11.3 Å². The van der Waals surface area contributed by atoms with E-state index in [0.717, 1.165) is 12.8 Å². The summed E-state index contributed by atoms with van der Waals surface area (Å²) in [5.74, 6) is 0.280. The maximum Gasteiger partial charge on any atom is 0.321 e. The molecule has 1 aliphatic carbocycles. The van der Waals surface area contributed by atoms with Gasteiger partial charge in [-0.15, -0.1) is 0 Å². The first-order chi connectivity index (χ1) is 11.5. The second-order valence-corrected chi connectivity index (χ2v) is 6.95. The molecular weight excluding hydrogens is 336 g/mol. The van der Waals surface area contributed by atoms with Crippen molar-refractivity contribution in [3.8, 4) is 11.5 Å². The molecule has 0 radical (unpaired) electrons. The monoisotopic (exact) mass is 352 g/mol. The second-order valence-electron chi connectivity index (χ2n) is 6.55. The summed E-state index contributed by atoms with van der Waals surface area (Å²) in [6.07, 6.45) is 2.38. The van der Waals surface area contributed by atoms with Crippen LogP contribution >= 0.6 is 11.6 Å². The number of aliphatic carboxylic acids is 1. The first kappa shape index (κ1) is 15.4. The van der Waals surface area contributed by atoms with Crippen molar-refractivity contribution in [2.75, 3.05) is 25.2 Å². The number of urea groups is 1. The number of nitrogens with one attached hydrogen (secondary N) is 1. The Balaban J connectivity index is 1.51. The predicted octanol–water partition coefficient (Wildman–Crippen LogP) is 2.79. The third-order valence-electron chi connectivity index (χ3n) is 5.29. The molecule has 0 aromatic heterocycles. The number of hydrogen-bond donors (Lipinski definition) is 2. The van der Waals surface area contributed by atoms with Gasteiger partial charge < -0.3 is 24.8 Å². The highest BCUT2D eigenvalue weighted by Crippen LogP contribution is 2.49. The van der Waals surface area contributed by atoms with Crippen LogP contribution in [0.15, 0.2) is 12.1 Å². The Morgan fingerprint density at radius 1 is 1.33 bits per heavy atom. The number of carboxylic acid groups (broad SMARTS) is 1. The number of carboxylic acids is 1. The molecule has 7 nitrogen and oxygen atoms in total. The van der Waals surface area contributed by atoms with E-state index >= 15 is 0 Å². The molecule has 4 rings (SSSR count). The van der Waals surface area contributed by atoms with Crippen molar-refractivity contribution in [2.45, 2.75) is 19.3 Å². The van der Waals surface area contributed by atoms with Crippen LogP contribution in [-0.2, 0) is 4.79 Å². The Kier molecular flexibility index (Phi) is 3.49. The number of anilines is 1. The van der Waals surface area contributed by atoms with Crippen LogP contribution in [0.5, 0.6) is 11.5 Å². The zero-order valence-corrected chi connectivity index (χ0v) is 13.6. The van der Waals surface area contributed by atoms with Gasteiger partial charge in [0.2, 0.25) is 6.79 Å². The third-order valence-corrected chi connectivity index (χ3v) is 5.60. The Morgan fingerprint density at radius 2 is 2.08 bits per heavy atom. The smallest absolute Gasteiger partial charge is 0.321 e. The number of amides is 2. The Labute approximate surface area is 143 Å². The average molecular weight is 353 g/mol. The normalized spacial score (nSPS) is 27.2. The van der Waals surface area contributed by atoms with Gasteiger partial charge in [-0.3, -0.25) is 4.79 Å². The maximum absolute atomic E-state index is 12.6. The van der Waals surface area contributed by atoms with Crippen LogP contribution in [0.25, 0.3) is 0 Å². The van der Waals surface area contributed by atoms with Crippen LogP contribution in [0.3, 0.4) is 0 Å². The molecule has 2 fully saturated rings. The quantitative estimate of drug-likeness (QED) is 0.854. The van der Waals surface area contributed by atoms with Gasteiger partial charge in [-0.1, -0.05) is 18.0 Å². The summed E-state index contributed by atoms with van der Waals surface area (Å²) in [5, 5.41) is 12.7. The van der Waals surface area contributed by atoms with E-state index in [9.17, 15) is 14.7 Å². The lowest BCUT2D eigenvalue weighted by molar-refractivity contribution is -0.149. The SMILES string of the molecule is O=C(Nc1cc2c(cc1Cl)OCO2)N1C[C@@H]2CCC[C@@]2(C(=O)O)C1. The number of fused-ring (bicyclic) bond motifs is 2. The van der Waals surface area contributed by atoms with Crippen molar-refractivity contribution in [2.24, 2.45) is 11.3 Å². The Morgan fingerprint density at radius 3 is 2.79 bits per heavy atom. The number of carbonyl (C=O) groups is 2. The van der Waals surface area contributed by atoms with Gasteiger partial charge in [-0.05, 0) is 18.8 Å². The van der Waals surface area contributed by atoms with Crippen molar-refractivity contribution in [3.05, 3.63) is 17.2 Å². The number of rotatable bonds is 2. The summed E-state index contributed by atoms with van der Waals surface area (Å²) in [4.78, 5) is 25.8. The fourth-order valence-electron chi connectivity index (χ4n) is 4.00. The summed E-state index contributed by atoms with van der Waals surface area (Å²) in [6, 6.07) is 2.87. The lowest BCUT2D eigenvalue weighted by atomic mass is 9.81. The highest BCUT2D eigenvalue weighted by molar-refractivity contribution is 6.34. The first-order valence-electron chi connectivity index (χ1n) is 7.88. The first-order valence-corrected chi connectivity index (χ1v) is 8.26. The van der Waals surface area contributed by atoms with Gasteiger partial charge in [0.05, 0.1) is 16.1 Å². The van der Waals surface area contributed by atoms with Gasteiger partial charge in [-0.25, -0.2) is 4.79 Å². The zero-order valence-electron chi connectivity index (χ0n) is 12.9. The van der Waals surface area contributed by atoms with Crippen molar-refractivity contribution in [1.82, 2.24) is 4.90 Å². The molecular formula is C16H17ClN2O5. The van der Waals surface area contributed by atoms with Crippen molar-refractivity contribution >= 4 is 29.3 Å². The summed E-state index contributed by atoms with van der Waals surface area (Å²) >= 11 is 6.17. The minimum absolute atomic E-state index is 0.0213. The summed E-state index contributed by atoms with van der Waals surface area (Å²) in [6.45, 7) is 0.819. The van der Waals surface area contributed by atoms with Crippen LogP contribution in [0.4, 0.5) is 10.5 Å². The van der Waals surface area contributed by atoms with E-state index in [1.54, 1.807) is 17.0 Å². The summed E-state index contributed by atoms with van der Waals surface area (Å²) in [5.41, 5.74) is -0.372. The number of carbonyl (C=O) groups excluding carboxylic acids is 1. The largest absolute Gasteiger partial charge is 0.481 e. The van der Waals surface area contributed by atoms with E-state index in [1.165, 1.54) is 0 Å². The molecule has 0 unspecified atom stereocenters. The molecule has 2 aliphatic heterocycles. The summed E-state index contributed by atoms with van der Waals surface area (Å²) < 4.78 is 10.5. The van der Waals surface area contributed by atoms with Crippen molar-refractivity contribution in [1.29, 1.82) is 0 Å². The Hall–Kier alpha value is -2.15. The van der Waals surface area contributed by atoms with Gasteiger partial charge in [0.25, 0.3) is 0 Å². The minimum Gasteiger partial charge on any atom is -0.481 e. The van der Waals surface area contributed by atoms with Crippen molar-refractivity contribution in [3.63, 3.8) is 0 Å². The highest BCUT2D eigenvalue weighted by atomic mass is 35.5. The number of ether oxygens (including phenoxy) is 2. The number of nitrogens with zero attached hydrogens (tertiary/aromatic N) is 1. The molecule has 8 heteroatoms. The van der Waals surface area contributed by atoms with Gasteiger partial charge in [0.15, 0.2) is 11.5 Å². The van der Waals surface area contributed by atoms with Crippen LogP contribution in [-0.4, -0.2) is 41.9 Å². The fourth-order valence-corrected chi connectivity index (χ4v) is 4.20. The minimum atomic E-state index is -0.804. The van der Waals surface area contributed by atoms with Crippen LogP contribution < -0.4 is 14.8 Å². The molecule has 2 amide bonds. The molecule has 1 saturated carbocycles. The number of halogens is 1. The van der Waals surface area contributed by atoms with Crippen LogP contribution in [0.2, 0.25) is 5.02 Å². The van der Waals surface area contributed by atoms with Crippen molar-refractivity contribution < 1.29 is 24.2 Å². The van der Waals surface area contributed by atoms with Gasteiger partial charge in [0.1, 0.15) is 0 Å². The maximum atomic E-state index is 12.6. The standard InChI is InChI=1S/C16H17ClN2O5/c17-10-4-12-13(24-8-23-12)5-11(10)18-15(22)19-6-9-2-1-3-16(9,7-19)14(20)21/h4-5,9H,1-3,6-8H2,(H,18,22)(H,20,21)/t9-,16+/m0/s1. The van der Waals surface area contributed by atoms with E-state index in [0.29, 0.717) is 35.2 Å². The second kappa shape index (κ2) is 5.44. The van der Waals surface area contributed by atoms with E-state index in [4.69, 9.17) is 21.1 Å². The molecule has 1 aromatic carbocycles. The molecule has 2 atom stereocenters. The highest BCUT2D eigenvalue weighted by Gasteiger charge is 2.55. The lowest BCUT2D eigenvalue weighted by Crippen LogP contribution is -2.38. The molecule has 1 aromatic rings. The van der Waals surface area contributed by atoms with E-state index in [1.807, 2.05) is 0 Å². The molecule has 1 saturated heterocycles. The number of benzene rings is 1. The van der Waals surface area contributed by atoms with Crippen LogP contribution in [0.1, 0.15) is 19.3 Å². The van der Waals surface area contributed by atoms with E-state index < -0.39 is 11.4 Å². The molecule has 24 heavy (non-hydrogen) atoms. The molecule has 0 bridgehead atoms. The topological polar surface area (TPSA) is 88.1 Å². The lowest BCUT2D eigenvalue weighted by Gasteiger charge is -2.23. The van der Waals surface area contributed by atoms with E-state index in [-0.39, 0.29) is 25.3 Å². The Bertz CT molecular complexity index is 725. The number of hydrogen-bond acceptors (Lipinski definition) is 4. The molecule has 3 aliphatic rings. The fraction of sp³-hybridized carbons (Fsp3) is 0.500. The van der Waals surface area contributed by atoms with Gasteiger partial charge in [0, 0.05) is 25.2 Å². The van der Waals surface area contributed by atoms with E-state index in [2.05, 4.69) is 5.32 Å². The molecule has 2 N–H and O–H groups in total. The zero-order chi connectivity index (χ0) is 16.9. The van der Waals surface area contributed by atoms with Gasteiger partial charge in [-0.2, -0.15) is 0 Å². The molecule has 0 spiro atoms. The third kappa shape index (κ3) is 2.26. The average Bonchev–Trinajstić information content (AvgIpc) is 3.20. The van der Waals surface area contributed by atoms with Gasteiger partial charge >= 0.3 is 12.0 Å². The number of likely N-dealkylation sites (tertiary alicyclic amines) is 1. The summed E-state index contributed by atoms with van der Waals surface area (Å²) in [7, 11) is 0. The predicted molar refractivity (Wildman–Crippen MR) is 85.6 cm³/mol. The molecule has 2 heterocycles.